The first-order valence-electron chi connectivity index (χ1n) is 9.72. The lowest BCUT2D eigenvalue weighted by molar-refractivity contribution is 0.103. The minimum Gasteiger partial charge on any atom is -0.321 e. The average molecular weight is 415 g/mol. The quantitative estimate of drug-likeness (QED) is 0.622. The Morgan fingerprint density at radius 1 is 1.17 bits per heavy atom. The van der Waals surface area contributed by atoms with Crippen LogP contribution in [0.2, 0.25) is 0 Å². The molecule has 0 fully saturated rings. The number of aryl methyl sites for hydroxylation is 2. The molecule has 0 bridgehead atoms. The number of rotatable bonds is 7. The summed E-state index contributed by atoms with van der Waals surface area (Å²) in [5.74, 6) is -0.284. The summed E-state index contributed by atoms with van der Waals surface area (Å²) in [6.45, 7) is 10.4. The van der Waals surface area contributed by atoms with E-state index in [1.807, 2.05) is 45.0 Å². The van der Waals surface area contributed by atoms with E-state index in [1.54, 1.807) is 6.92 Å². The van der Waals surface area contributed by atoms with E-state index in [0.29, 0.717) is 33.7 Å². The number of amides is 1. The fourth-order valence-corrected chi connectivity index (χ4v) is 4.43. The molecule has 0 aliphatic rings. The average Bonchev–Trinajstić information content (AvgIpc) is 3.02. The third-order valence-corrected chi connectivity index (χ3v) is 6.41. The van der Waals surface area contributed by atoms with Gasteiger partial charge in [-0.15, -0.1) is 11.3 Å². The van der Waals surface area contributed by atoms with E-state index in [1.165, 1.54) is 4.57 Å². The molecule has 1 aromatic carbocycles. The van der Waals surface area contributed by atoms with Crippen LogP contribution >= 0.6 is 11.3 Å². The highest BCUT2D eigenvalue weighted by Gasteiger charge is 2.21. The minimum absolute atomic E-state index is 0.284. The van der Waals surface area contributed by atoms with E-state index >= 15 is 0 Å². The molecular formula is C21H26N4O3S. The second-order valence-electron chi connectivity index (χ2n) is 6.94. The Labute approximate surface area is 173 Å². The Morgan fingerprint density at radius 3 is 2.52 bits per heavy atom. The predicted octanol–water partition coefficient (Wildman–Crippen LogP) is 2.96. The van der Waals surface area contributed by atoms with E-state index in [-0.39, 0.29) is 11.5 Å². The van der Waals surface area contributed by atoms with Gasteiger partial charge in [-0.3, -0.25) is 19.1 Å². The number of fused-ring (bicyclic) bond motifs is 1. The fraction of sp³-hybridized carbons (Fsp3) is 0.381. The molecule has 0 aliphatic carbocycles. The number of aromatic amines is 1. The van der Waals surface area contributed by atoms with Crippen LogP contribution in [0.3, 0.4) is 0 Å². The summed E-state index contributed by atoms with van der Waals surface area (Å²) in [4.78, 5) is 44.1. The summed E-state index contributed by atoms with van der Waals surface area (Å²) in [7, 11) is 0. The number of thiophene rings is 1. The van der Waals surface area contributed by atoms with Gasteiger partial charge in [-0.05, 0) is 44.1 Å². The van der Waals surface area contributed by atoms with E-state index in [2.05, 4.69) is 15.2 Å². The number of benzene rings is 1. The third-order valence-electron chi connectivity index (χ3n) is 5.21. The first kappa shape index (κ1) is 21.0. The zero-order valence-electron chi connectivity index (χ0n) is 17.2. The lowest BCUT2D eigenvalue weighted by Gasteiger charge is -2.17. The first-order chi connectivity index (χ1) is 13.9. The van der Waals surface area contributed by atoms with Crippen LogP contribution in [0.1, 0.15) is 34.6 Å². The van der Waals surface area contributed by atoms with Crippen molar-refractivity contribution in [3.63, 3.8) is 0 Å². The van der Waals surface area contributed by atoms with Crippen molar-refractivity contribution < 1.29 is 4.79 Å². The van der Waals surface area contributed by atoms with Crippen molar-refractivity contribution in [3.05, 3.63) is 61.1 Å². The van der Waals surface area contributed by atoms with Crippen molar-refractivity contribution in [2.75, 3.05) is 25.0 Å². The van der Waals surface area contributed by atoms with Crippen molar-refractivity contribution in [3.8, 4) is 0 Å². The van der Waals surface area contributed by atoms with Crippen LogP contribution in [0.4, 0.5) is 5.69 Å². The monoisotopic (exact) mass is 414 g/mol. The molecular weight excluding hydrogens is 388 g/mol. The number of aromatic nitrogens is 2. The van der Waals surface area contributed by atoms with Gasteiger partial charge in [-0.2, -0.15) is 0 Å². The molecule has 0 aliphatic heterocycles. The second kappa shape index (κ2) is 8.75. The number of carbonyl (C=O) groups is 1. The van der Waals surface area contributed by atoms with E-state index in [9.17, 15) is 14.4 Å². The molecule has 8 heteroatoms. The molecule has 154 valence electrons. The highest BCUT2D eigenvalue weighted by atomic mass is 32.1. The molecule has 7 nitrogen and oxygen atoms in total. The van der Waals surface area contributed by atoms with Crippen molar-refractivity contribution in [1.82, 2.24) is 14.5 Å². The topological polar surface area (TPSA) is 87.2 Å². The molecule has 0 saturated heterocycles. The zero-order valence-corrected chi connectivity index (χ0v) is 18.0. The Bertz CT molecular complexity index is 1150. The van der Waals surface area contributed by atoms with Crippen LogP contribution in [0.15, 0.2) is 33.9 Å². The summed E-state index contributed by atoms with van der Waals surface area (Å²) in [6.07, 6.45) is 0. The molecule has 2 aromatic heterocycles. The molecule has 3 rings (SSSR count). The molecule has 0 unspecified atom stereocenters. The van der Waals surface area contributed by atoms with Crippen LogP contribution in [0.25, 0.3) is 10.2 Å². The predicted molar refractivity (Wildman–Crippen MR) is 118 cm³/mol. The number of hydrogen-bond donors (Lipinski definition) is 2. The largest absolute Gasteiger partial charge is 0.329 e. The van der Waals surface area contributed by atoms with E-state index in [0.717, 1.165) is 35.7 Å². The van der Waals surface area contributed by atoms with E-state index in [4.69, 9.17) is 0 Å². The van der Waals surface area contributed by atoms with Gasteiger partial charge in [0.05, 0.1) is 10.3 Å². The molecule has 0 saturated carbocycles. The number of H-pyrrole nitrogens is 1. The van der Waals surface area contributed by atoms with Gasteiger partial charge in [-0.1, -0.05) is 32.0 Å². The zero-order chi connectivity index (χ0) is 21.1. The first-order valence-corrected chi connectivity index (χ1v) is 10.5. The molecule has 2 N–H and O–H groups in total. The van der Waals surface area contributed by atoms with Crippen LogP contribution in [-0.2, 0) is 6.54 Å². The highest BCUT2D eigenvalue weighted by molar-refractivity contribution is 7.20. The van der Waals surface area contributed by atoms with Gasteiger partial charge in [0.25, 0.3) is 11.5 Å². The number of likely N-dealkylation sites (N-methyl/N-ethyl adjacent to an activating group) is 1. The number of nitrogens with zero attached hydrogens (tertiary/aromatic N) is 2. The van der Waals surface area contributed by atoms with Crippen LogP contribution < -0.4 is 16.6 Å². The number of nitrogens with one attached hydrogen (secondary N) is 2. The van der Waals surface area contributed by atoms with Crippen molar-refractivity contribution in [2.24, 2.45) is 0 Å². The van der Waals surface area contributed by atoms with Crippen molar-refractivity contribution in [2.45, 2.75) is 34.2 Å². The smallest absolute Gasteiger partial charge is 0.321 e. The van der Waals surface area contributed by atoms with E-state index < -0.39 is 5.69 Å². The van der Waals surface area contributed by atoms with Crippen LogP contribution in [-0.4, -0.2) is 40.0 Å². The van der Waals surface area contributed by atoms with Gasteiger partial charge in [0.15, 0.2) is 0 Å². The number of para-hydroxylation sites is 1. The summed E-state index contributed by atoms with van der Waals surface area (Å²) in [6, 6.07) is 7.50. The molecule has 0 radical (unpaired) electrons. The van der Waals surface area contributed by atoms with Gasteiger partial charge in [0, 0.05) is 18.8 Å². The summed E-state index contributed by atoms with van der Waals surface area (Å²) in [5.41, 5.74) is 1.47. The summed E-state index contributed by atoms with van der Waals surface area (Å²) < 4.78 is 1.23. The van der Waals surface area contributed by atoms with Crippen LogP contribution in [0, 0.1) is 13.8 Å². The second-order valence-corrected chi connectivity index (χ2v) is 7.96. The maximum Gasteiger partial charge on any atom is 0.329 e. The maximum atomic E-state index is 13.0. The molecule has 0 spiro atoms. The summed E-state index contributed by atoms with van der Waals surface area (Å²) >= 11 is 1.14. The number of carbonyl (C=O) groups excluding carboxylic acids is 1. The standard InChI is InChI=1S/C21H26N4O3S/c1-5-24(6-2)11-12-25-20(27)16-14(4)17(29-19(16)23-21(25)28)18(26)22-15-10-8-7-9-13(15)3/h7-10H,5-6,11-12H2,1-4H3,(H,22,26)(H,23,28). The molecule has 1 amide bonds. The fourth-order valence-electron chi connectivity index (χ4n) is 3.34. The van der Waals surface area contributed by atoms with Gasteiger partial charge in [0.2, 0.25) is 0 Å². The van der Waals surface area contributed by atoms with Gasteiger partial charge in [-0.25, -0.2) is 4.79 Å². The normalized spacial score (nSPS) is 11.3. The Balaban J connectivity index is 1.98. The highest BCUT2D eigenvalue weighted by Crippen LogP contribution is 2.27. The molecule has 3 aromatic rings. The maximum absolute atomic E-state index is 13.0. The number of hydrogen-bond acceptors (Lipinski definition) is 5. The van der Waals surface area contributed by atoms with Crippen molar-refractivity contribution in [1.29, 1.82) is 0 Å². The Morgan fingerprint density at radius 2 is 1.86 bits per heavy atom. The summed E-state index contributed by atoms with van der Waals surface area (Å²) in [5, 5.41) is 3.30. The van der Waals surface area contributed by atoms with Crippen molar-refractivity contribution >= 4 is 33.1 Å². The van der Waals surface area contributed by atoms with Crippen LogP contribution in [0.5, 0.6) is 0 Å². The third kappa shape index (κ3) is 4.18. The lowest BCUT2D eigenvalue weighted by atomic mass is 10.2. The molecule has 2 heterocycles. The number of anilines is 1. The molecule has 29 heavy (non-hydrogen) atoms. The Hall–Kier alpha value is -2.71. The molecule has 0 atom stereocenters. The lowest BCUT2D eigenvalue weighted by Crippen LogP contribution is -2.39. The SMILES string of the molecule is CCN(CC)CCn1c(=O)[nH]c2sc(C(=O)Nc3ccccc3C)c(C)c2c1=O. The minimum atomic E-state index is -0.443. The Kier molecular flexibility index (Phi) is 6.34. The van der Waals surface area contributed by atoms with Gasteiger partial charge < -0.3 is 10.2 Å². The van der Waals surface area contributed by atoms with Gasteiger partial charge >= 0.3 is 5.69 Å². The van der Waals surface area contributed by atoms with Gasteiger partial charge in [0.1, 0.15) is 4.83 Å².